The molecule has 3 N–H and O–H groups in total. The lowest BCUT2D eigenvalue weighted by Crippen LogP contribution is -2.30. The van der Waals surface area contributed by atoms with Crippen molar-refractivity contribution in [1.29, 1.82) is 0 Å². The zero-order valence-electron chi connectivity index (χ0n) is 10.8. The maximum atomic E-state index is 5.69. The van der Waals surface area contributed by atoms with Crippen molar-refractivity contribution in [2.75, 3.05) is 6.54 Å². The van der Waals surface area contributed by atoms with E-state index in [0.29, 0.717) is 0 Å². The van der Waals surface area contributed by atoms with Gasteiger partial charge in [-0.05, 0) is 23.6 Å². The molecular weight excluding hydrogens is 220 g/mol. The van der Waals surface area contributed by atoms with Crippen molar-refractivity contribution >= 4 is 0 Å². The molecule has 2 aromatic rings. The molecule has 0 saturated heterocycles. The van der Waals surface area contributed by atoms with Crippen LogP contribution in [-0.2, 0) is 6.54 Å². The molecule has 2 rings (SSSR count). The maximum Gasteiger partial charge on any atom is 0.0206 e. The highest BCUT2D eigenvalue weighted by atomic mass is 14.9. The molecule has 0 amide bonds. The number of hydrogen-bond donors (Lipinski definition) is 2. The average molecular weight is 240 g/mol. The van der Waals surface area contributed by atoms with Crippen molar-refractivity contribution in [3.8, 4) is 11.1 Å². The van der Waals surface area contributed by atoms with Crippen LogP contribution in [0.1, 0.15) is 12.5 Å². The third-order valence-corrected chi connectivity index (χ3v) is 2.86. The van der Waals surface area contributed by atoms with Gasteiger partial charge < -0.3 is 11.1 Å². The Labute approximate surface area is 109 Å². The second kappa shape index (κ2) is 6.34. The van der Waals surface area contributed by atoms with E-state index in [4.69, 9.17) is 5.73 Å². The topological polar surface area (TPSA) is 38.0 Å². The van der Waals surface area contributed by atoms with Gasteiger partial charge in [-0.3, -0.25) is 0 Å². The summed E-state index contributed by atoms with van der Waals surface area (Å²) in [6.45, 7) is 3.72. The number of hydrogen-bond acceptors (Lipinski definition) is 2. The highest BCUT2D eigenvalue weighted by Gasteiger charge is 1.98. The quantitative estimate of drug-likeness (QED) is 0.843. The van der Waals surface area contributed by atoms with Gasteiger partial charge in [0, 0.05) is 19.1 Å². The molecule has 0 fully saturated rings. The zero-order valence-corrected chi connectivity index (χ0v) is 10.8. The maximum absolute atomic E-state index is 5.69. The van der Waals surface area contributed by atoms with Gasteiger partial charge in [-0.1, -0.05) is 54.6 Å². The minimum absolute atomic E-state index is 0.202. The lowest BCUT2D eigenvalue weighted by atomic mass is 10.0. The van der Waals surface area contributed by atoms with E-state index < -0.39 is 0 Å². The molecule has 0 radical (unpaired) electrons. The largest absolute Gasteiger partial charge is 0.327 e. The van der Waals surface area contributed by atoms with E-state index in [1.54, 1.807) is 0 Å². The van der Waals surface area contributed by atoms with Crippen molar-refractivity contribution in [2.45, 2.75) is 19.5 Å². The Hall–Kier alpha value is -1.64. The molecule has 0 aliphatic carbocycles. The van der Waals surface area contributed by atoms with Crippen molar-refractivity contribution in [1.82, 2.24) is 5.32 Å². The lowest BCUT2D eigenvalue weighted by Gasteiger charge is -2.08. The molecule has 2 nitrogen and oxygen atoms in total. The molecular formula is C16H20N2. The first kappa shape index (κ1) is 12.8. The van der Waals surface area contributed by atoms with Crippen molar-refractivity contribution in [3.05, 3.63) is 60.2 Å². The molecule has 2 heteroatoms. The van der Waals surface area contributed by atoms with Gasteiger partial charge in [0.15, 0.2) is 0 Å². The SMILES string of the molecule is CC(N)CNCc1ccc(-c2ccccc2)cc1. The fourth-order valence-corrected chi connectivity index (χ4v) is 1.89. The van der Waals surface area contributed by atoms with Gasteiger partial charge in [-0.25, -0.2) is 0 Å². The Kier molecular flexibility index (Phi) is 4.51. The van der Waals surface area contributed by atoms with Crippen LogP contribution < -0.4 is 11.1 Å². The van der Waals surface area contributed by atoms with E-state index in [1.165, 1.54) is 16.7 Å². The smallest absolute Gasteiger partial charge is 0.0206 e. The monoisotopic (exact) mass is 240 g/mol. The van der Waals surface area contributed by atoms with Crippen LogP contribution in [0, 0.1) is 0 Å². The summed E-state index contributed by atoms with van der Waals surface area (Å²) in [5.41, 5.74) is 9.49. The summed E-state index contributed by atoms with van der Waals surface area (Å²) in [5.74, 6) is 0. The van der Waals surface area contributed by atoms with Crippen LogP contribution >= 0.6 is 0 Å². The number of nitrogens with one attached hydrogen (secondary N) is 1. The first-order valence-corrected chi connectivity index (χ1v) is 6.36. The van der Waals surface area contributed by atoms with Crippen LogP contribution in [0.5, 0.6) is 0 Å². The first-order valence-electron chi connectivity index (χ1n) is 6.36. The molecule has 0 bridgehead atoms. The van der Waals surface area contributed by atoms with Crippen LogP contribution in [0.25, 0.3) is 11.1 Å². The van der Waals surface area contributed by atoms with E-state index >= 15 is 0 Å². The molecule has 1 atom stereocenters. The lowest BCUT2D eigenvalue weighted by molar-refractivity contribution is 0.608. The van der Waals surface area contributed by atoms with E-state index in [0.717, 1.165) is 13.1 Å². The van der Waals surface area contributed by atoms with Gasteiger partial charge in [0.25, 0.3) is 0 Å². The van der Waals surface area contributed by atoms with Gasteiger partial charge in [0.05, 0.1) is 0 Å². The summed E-state index contributed by atoms with van der Waals surface area (Å²) in [4.78, 5) is 0. The molecule has 18 heavy (non-hydrogen) atoms. The van der Waals surface area contributed by atoms with E-state index in [-0.39, 0.29) is 6.04 Å². The van der Waals surface area contributed by atoms with Gasteiger partial charge in [0.2, 0.25) is 0 Å². The highest BCUT2D eigenvalue weighted by molar-refractivity contribution is 5.63. The van der Waals surface area contributed by atoms with Crippen molar-refractivity contribution in [2.24, 2.45) is 5.73 Å². The second-order valence-electron chi connectivity index (χ2n) is 4.67. The Morgan fingerprint density at radius 1 is 0.944 bits per heavy atom. The standard InChI is InChI=1S/C16H20N2/c1-13(17)11-18-12-14-7-9-16(10-8-14)15-5-3-2-4-6-15/h2-10,13,18H,11-12,17H2,1H3. The second-order valence-corrected chi connectivity index (χ2v) is 4.67. The number of benzene rings is 2. The zero-order chi connectivity index (χ0) is 12.8. The van der Waals surface area contributed by atoms with Crippen molar-refractivity contribution < 1.29 is 0 Å². The molecule has 0 spiro atoms. The molecule has 0 heterocycles. The minimum Gasteiger partial charge on any atom is -0.327 e. The fraction of sp³-hybridized carbons (Fsp3) is 0.250. The third kappa shape index (κ3) is 3.69. The first-order chi connectivity index (χ1) is 8.75. The predicted octanol–water partition coefficient (Wildman–Crippen LogP) is 2.79. The number of rotatable bonds is 5. The normalized spacial score (nSPS) is 12.3. The summed E-state index contributed by atoms with van der Waals surface area (Å²) < 4.78 is 0. The van der Waals surface area contributed by atoms with Crippen LogP contribution in [0.3, 0.4) is 0 Å². The average Bonchev–Trinajstić information content (AvgIpc) is 2.40. The number of nitrogens with two attached hydrogens (primary N) is 1. The van der Waals surface area contributed by atoms with E-state index in [9.17, 15) is 0 Å². The van der Waals surface area contributed by atoms with Crippen LogP contribution in [-0.4, -0.2) is 12.6 Å². The summed E-state index contributed by atoms with van der Waals surface area (Å²) in [7, 11) is 0. The molecule has 0 aromatic heterocycles. The highest BCUT2D eigenvalue weighted by Crippen LogP contribution is 2.19. The van der Waals surface area contributed by atoms with Gasteiger partial charge in [0.1, 0.15) is 0 Å². The van der Waals surface area contributed by atoms with Crippen LogP contribution in [0.4, 0.5) is 0 Å². The van der Waals surface area contributed by atoms with Gasteiger partial charge in [-0.2, -0.15) is 0 Å². The van der Waals surface area contributed by atoms with Crippen LogP contribution in [0.15, 0.2) is 54.6 Å². The van der Waals surface area contributed by atoms with Gasteiger partial charge >= 0.3 is 0 Å². The molecule has 94 valence electrons. The van der Waals surface area contributed by atoms with Crippen molar-refractivity contribution in [3.63, 3.8) is 0 Å². The Morgan fingerprint density at radius 3 is 2.17 bits per heavy atom. The third-order valence-electron chi connectivity index (χ3n) is 2.86. The molecule has 0 aliphatic heterocycles. The fourth-order valence-electron chi connectivity index (χ4n) is 1.89. The van der Waals surface area contributed by atoms with E-state index in [1.807, 2.05) is 13.0 Å². The predicted molar refractivity (Wildman–Crippen MR) is 77.2 cm³/mol. The molecule has 0 aliphatic rings. The molecule has 1 unspecified atom stereocenters. The Bertz CT molecular complexity index is 460. The summed E-state index contributed by atoms with van der Waals surface area (Å²) in [6, 6.07) is 19.3. The Morgan fingerprint density at radius 2 is 1.56 bits per heavy atom. The minimum atomic E-state index is 0.202. The van der Waals surface area contributed by atoms with E-state index in [2.05, 4.69) is 53.8 Å². The molecule has 0 saturated carbocycles. The van der Waals surface area contributed by atoms with Crippen LogP contribution in [0.2, 0.25) is 0 Å². The molecule has 2 aromatic carbocycles. The summed E-state index contributed by atoms with van der Waals surface area (Å²) >= 11 is 0. The van der Waals surface area contributed by atoms with Gasteiger partial charge in [-0.15, -0.1) is 0 Å². The Balaban J connectivity index is 1.98. The summed E-state index contributed by atoms with van der Waals surface area (Å²) in [5, 5.41) is 3.34. The summed E-state index contributed by atoms with van der Waals surface area (Å²) in [6.07, 6.45) is 0.